The highest BCUT2D eigenvalue weighted by atomic mass is 79.9. The summed E-state index contributed by atoms with van der Waals surface area (Å²) in [5.74, 6) is 2.26. The molecule has 1 fully saturated rings. The Balaban J connectivity index is 2.21. The molecule has 0 bridgehead atoms. The smallest absolute Gasteiger partial charge is 0.147 e. The van der Waals surface area contributed by atoms with Gasteiger partial charge in [0.15, 0.2) is 0 Å². The van der Waals surface area contributed by atoms with Gasteiger partial charge in [0.05, 0.1) is 15.9 Å². The Morgan fingerprint density at radius 1 is 1.33 bits per heavy atom. The first kappa shape index (κ1) is 14.6. The Hall–Kier alpha value is 0.200. The zero-order valence-corrected chi connectivity index (χ0v) is 13.9. The lowest BCUT2D eigenvalue weighted by atomic mass is 10.0. The van der Waals surface area contributed by atoms with Crippen LogP contribution in [0.5, 0.6) is 0 Å². The third-order valence-corrected chi connectivity index (χ3v) is 5.55. The normalized spacial score (nSPS) is 16.7. The van der Waals surface area contributed by atoms with Crippen LogP contribution < -0.4 is 0 Å². The van der Waals surface area contributed by atoms with Crippen LogP contribution >= 0.6 is 39.3 Å². The van der Waals surface area contributed by atoms with Gasteiger partial charge in [0.25, 0.3) is 0 Å². The SMILES string of the molecule is CC(C)SCc1nc(Cl)c(Br)c(C2CCCC2)n1. The molecule has 0 saturated heterocycles. The van der Waals surface area contributed by atoms with Gasteiger partial charge in [0, 0.05) is 5.92 Å². The Labute approximate surface area is 126 Å². The molecule has 100 valence electrons. The first-order chi connectivity index (χ1) is 8.58. The molecule has 1 saturated carbocycles. The minimum Gasteiger partial charge on any atom is -0.235 e. The van der Waals surface area contributed by atoms with Crippen molar-refractivity contribution < 1.29 is 0 Å². The second-order valence-corrected chi connectivity index (χ2v) is 7.69. The fourth-order valence-corrected chi connectivity index (χ4v) is 3.56. The van der Waals surface area contributed by atoms with E-state index in [1.807, 2.05) is 11.8 Å². The minimum absolute atomic E-state index is 0.558. The Bertz CT molecular complexity index is 420. The first-order valence-corrected chi connectivity index (χ1v) is 8.63. The van der Waals surface area contributed by atoms with Crippen LogP contribution in [0.4, 0.5) is 0 Å². The molecule has 0 unspecified atom stereocenters. The molecule has 1 aliphatic rings. The fraction of sp³-hybridized carbons (Fsp3) is 0.692. The van der Waals surface area contributed by atoms with Crippen molar-refractivity contribution in [2.24, 2.45) is 0 Å². The number of hydrogen-bond donors (Lipinski definition) is 0. The van der Waals surface area contributed by atoms with Crippen molar-refractivity contribution in [3.63, 3.8) is 0 Å². The molecular weight excluding hydrogens is 332 g/mol. The lowest BCUT2D eigenvalue weighted by Gasteiger charge is -2.13. The van der Waals surface area contributed by atoms with E-state index in [1.54, 1.807) is 0 Å². The van der Waals surface area contributed by atoms with E-state index < -0.39 is 0 Å². The molecule has 0 spiro atoms. The first-order valence-electron chi connectivity index (χ1n) is 6.41. The monoisotopic (exact) mass is 348 g/mol. The van der Waals surface area contributed by atoms with Gasteiger partial charge in [-0.25, -0.2) is 9.97 Å². The van der Waals surface area contributed by atoms with E-state index in [2.05, 4.69) is 34.8 Å². The van der Waals surface area contributed by atoms with Crippen LogP contribution in [-0.4, -0.2) is 15.2 Å². The number of rotatable bonds is 4. The van der Waals surface area contributed by atoms with E-state index in [0.717, 1.165) is 21.7 Å². The van der Waals surface area contributed by atoms with Crippen molar-refractivity contribution in [1.29, 1.82) is 0 Å². The van der Waals surface area contributed by atoms with E-state index >= 15 is 0 Å². The van der Waals surface area contributed by atoms with Gasteiger partial charge in [-0.15, -0.1) is 0 Å². The lowest BCUT2D eigenvalue weighted by molar-refractivity contribution is 0.683. The van der Waals surface area contributed by atoms with Crippen LogP contribution in [0.2, 0.25) is 5.15 Å². The fourth-order valence-electron chi connectivity index (χ4n) is 2.26. The molecule has 0 N–H and O–H groups in total. The molecule has 0 aromatic carbocycles. The Kier molecular flexibility index (Phi) is 5.34. The molecule has 5 heteroatoms. The lowest BCUT2D eigenvalue weighted by Crippen LogP contribution is -2.05. The average Bonchev–Trinajstić information content (AvgIpc) is 2.84. The molecule has 2 rings (SSSR count). The summed E-state index contributed by atoms with van der Waals surface area (Å²) in [6, 6.07) is 0. The number of halogens is 2. The summed E-state index contributed by atoms with van der Waals surface area (Å²) >= 11 is 11.6. The van der Waals surface area contributed by atoms with Crippen LogP contribution in [0.1, 0.15) is 57.0 Å². The van der Waals surface area contributed by atoms with Gasteiger partial charge < -0.3 is 0 Å². The maximum absolute atomic E-state index is 6.21. The summed E-state index contributed by atoms with van der Waals surface area (Å²) in [7, 11) is 0. The molecule has 0 amide bonds. The maximum Gasteiger partial charge on any atom is 0.147 e. The van der Waals surface area contributed by atoms with Crippen molar-refractivity contribution in [3.05, 3.63) is 21.1 Å². The van der Waals surface area contributed by atoms with Crippen LogP contribution in [0, 0.1) is 0 Å². The largest absolute Gasteiger partial charge is 0.235 e. The summed E-state index contributed by atoms with van der Waals surface area (Å²) in [6.45, 7) is 4.37. The molecule has 1 aliphatic carbocycles. The predicted molar refractivity (Wildman–Crippen MR) is 82.4 cm³/mol. The summed E-state index contributed by atoms with van der Waals surface area (Å²) in [4.78, 5) is 9.09. The van der Waals surface area contributed by atoms with Gasteiger partial charge in [-0.2, -0.15) is 11.8 Å². The molecule has 0 radical (unpaired) electrons. The van der Waals surface area contributed by atoms with Gasteiger partial charge in [-0.05, 0) is 34.0 Å². The molecule has 1 aromatic heterocycles. The summed E-state index contributed by atoms with van der Waals surface area (Å²) < 4.78 is 0.898. The third-order valence-electron chi connectivity index (χ3n) is 3.17. The minimum atomic E-state index is 0.558. The van der Waals surface area contributed by atoms with E-state index in [1.165, 1.54) is 25.7 Å². The van der Waals surface area contributed by atoms with E-state index in [9.17, 15) is 0 Å². The number of nitrogens with zero attached hydrogens (tertiary/aromatic N) is 2. The van der Waals surface area contributed by atoms with Gasteiger partial charge >= 0.3 is 0 Å². The maximum atomic E-state index is 6.21. The number of hydrogen-bond acceptors (Lipinski definition) is 3. The summed E-state index contributed by atoms with van der Waals surface area (Å²) in [6.07, 6.45) is 5.05. The number of thioether (sulfide) groups is 1. The third kappa shape index (κ3) is 3.61. The van der Waals surface area contributed by atoms with E-state index in [0.29, 0.717) is 16.3 Å². The predicted octanol–water partition coefficient (Wildman–Crippen LogP) is 5.19. The van der Waals surface area contributed by atoms with Gasteiger partial charge in [0.1, 0.15) is 11.0 Å². The Morgan fingerprint density at radius 2 is 2.00 bits per heavy atom. The molecule has 18 heavy (non-hydrogen) atoms. The van der Waals surface area contributed by atoms with Crippen LogP contribution in [0.15, 0.2) is 4.47 Å². The highest BCUT2D eigenvalue weighted by Crippen LogP contribution is 2.38. The molecule has 1 aromatic rings. The highest BCUT2D eigenvalue weighted by molar-refractivity contribution is 9.10. The molecule has 1 heterocycles. The van der Waals surface area contributed by atoms with Gasteiger partial charge in [0.2, 0.25) is 0 Å². The van der Waals surface area contributed by atoms with Crippen molar-refractivity contribution in [3.8, 4) is 0 Å². The Morgan fingerprint density at radius 3 is 2.61 bits per heavy atom. The zero-order chi connectivity index (χ0) is 13.1. The van der Waals surface area contributed by atoms with E-state index in [4.69, 9.17) is 16.6 Å². The molecular formula is C13H18BrClN2S. The van der Waals surface area contributed by atoms with Crippen molar-refractivity contribution in [2.45, 2.75) is 56.5 Å². The average molecular weight is 350 g/mol. The zero-order valence-electron chi connectivity index (χ0n) is 10.7. The van der Waals surface area contributed by atoms with Gasteiger partial charge in [-0.1, -0.05) is 38.3 Å². The number of aromatic nitrogens is 2. The quantitative estimate of drug-likeness (QED) is 0.699. The standard InChI is InChI=1S/C13H18BrClN2S/c1-8(2)18-7-10-16-12(9-5-3-4-6-9)11(14)13(15)17-10/h8-9H,3-7H2,1-2H3. The second kappa shape index (κ2) is 6.58. The molecule has 0 atom stereocenters. The second-order valence-electron chi connectivity index (χ2n) is 4.97. The topological polar surface area (TPSA) is 25.8 Å². The van der Waals surface area contributed by atoms with Crippen molar-refractivity contribution in [2.75, 3.05) is 0 Å². The summed E-state index contributed by atoms with van der Waals surface area (Å²) in [5.41, 5.74) is 1.12. The van der Waals surface area contributed by atoms with E-state index in [-0.39, 0.29) is 0 Å². The molecule has 0 aliphatic heterocycles. The van der Waals surface area contributed by atoms with Crippen LogP contribution in [-0.2, 0) is 5.75 Å². The van der Waals surface area contributed by atoms with Crippen molar-refractivity contribution >= 4 is 39.3 Å². The van der Waals surface area contributed by atoms with Crippen LogP contribution in [0.25, 0.3) is 0 Å². The van der Waals surface area contributed by atoms with Crippen molar-refractivity contribution in [1.82, 2.24) is 9.97 Å². The van der Waals surface area contributed by atoms with Gasteiger partial charge in [-0.3, -0.25) is 0 Å². The highest BCUT2D eigenvalue weighted by Gasteiger charge is 2.23. The molecule has 2 nitrogen and oxygen atoms in total. The summed E-state index contributed by atoms with van der Waals surface area (Å²) in [5, 5.41) is 1.15. The van der Waals surface area contributed by atoms with Crippen LogP contribution in [0.3, 0.4) is 0 Å².